The molecule has 0 radical (unpaired) electrons. The maximum atomic E-state index is 11.7. The summed E-state index contributed by atoms with van der Waals surface area (Å²) in [5, 5.41) is 0. The highest BCUT2D eigenvalue weighted by atomic mass is 35.5. The van der Waals surface area contributed by atoms with Gasteiger partial charge in [-0.05, 0) is 24.0 Å². The predicted molar refractivity (Wildman–Crippen MR) is 62.4 cm³/mol. The fraction of sp³-hybridized carbons (Fsp3) is 0.417. The summed E-state index contributed by atoms with van der Waals surface area (Å²) in [5.41, 5.74) is 2.27. The third kappa shape index (κ3) is 2.00. The number of halogens is 1. The standard InChI is InChI=1S/C12H14ClNO/c1-9-6-10-4-2-3-5-11(10)14(8-9)12(15)7-13/h2-5,9H,6-8H2,1H3. The third-order valence-electron chi connectivity index (χ3n) is 2.76. The largest absolute Gasteiger partial charge is 0.311 e. The number of carbonyl (C=O) groups is 1. The van der Waals surface area contributed by atoms with Gasteiger partial charge in [-0.1, -0.05) is 25.1 Å². The van der Waals surface area contributed by atoms with Crippen LogP contribution in [0.2, 0.25) is 0 Å². The first kappa shape index (κ1) is 10.5. The quantitative estimate of drug-likeness (QED) is 0.670. The second-order valence-electron chi connectivity index (χ2n) is 4.08. The number of rotatable bonds is 1. The monoisotopic (exact) mass is 223 g/mol. The van der Waals surface area contributed by atoms with E-state index in [4.69, 9.17) is 11.6 Å². The van der Waals surface area contributed by atoms with Crippen molar-refractivity contribution >= 4 is 23.2 Å². The van der Waals surface area contributed by atoms with Gasteiger partial charge < -0.3 is 4.90 Å². The first-order chi connectivity index (χ1) is 7.22. The van der Waals surface area contributed by atoms with Gasteiger partial charge in [-0.3, -0.25) is 4.79 Å². The van der Waals surface area contributed by atoms with Crippen molar-refractivity contribution in [3.63, 3.8) is 0 Å². The summed E-state index contributed by atoms with van der Waals surface area (Å²) in [6.45, 7) is 2.94. The zero-order chi connectivity index (χ0) is 10.8. The summed E-state index contributed by atoms with van der Waals surface area (Å²) in [6.07, 6.45) is 1.04. The number of amides is 1. The topological polar surface area (TPSA) is 20.3 Å². The Kier molecular flexibility index (Phi) is 2.96. The van der Waals surface area contributed by atoms with E-state index in [9.17, 15) is 4.79 Å². The van der Waals surface area contributed by atoms with Crippen LogP contribution in [0.3, 0.4) is 0 Å². The molecule has 1 atom stereocenters. The van der Waals surface area contributed by atoms with E-state index in [1.54, 1.807) is 4.90 Å². The van der Waals surface area contributed by atoms with Crippen molar-refractivity contribution in [1.29, 1.82) is 0 Å². The van der Waals surface area contributed by atoms with E-state index >= 15 is 0 Å². The number of benzene rings is 1. The van der Waals surface area contributed by atoms with Crippen molar-refractivity contribution in [2.45, 2.75) is 13.3 Å². The molecule has 3 heteroatoms. The van der Waals surface area contributed by atoms with Gasteiger partial charge in [0.15, 0.2) is 0 Å². The zero-order valence-electron chi connectivity index (χ0n) is 8.74. The summed E-state index contributed by atoms with van der Waals surface area (Å²) in [6, 6.07) is 8.05. The number of carbonyl (C=O) groups excluding carboxylic acids is 1. The van der Waals surface area contributed by atoms with E-state index < -0.39 is 0 Å². The molecule has 2 rings (SSSR count). The number of hydrogen-bond acceptors (Lipinski definition) is 1. The van der Waals surface area contributed by atoms with Crippen LogP contribution in [0.25, 0.3) is 0 Å². The van der Waals surface area contributed by atoms with Crippen LogP contribution in [0.15, 0.2) is 24.3 Å². The molecule has 0 saturated heterocycles. The molecule has 0 aliphatic carbocycles. The molecule has 0 aromatic heterocycles. The van der Waals surface area contributed by atoms with Crippen molar-refractivity contribution in [3.8, 4) is 0 Å². The van der Waals surface area contributed by atoms with Crippen LogP contribution in [0.5, 0.6) is 0 Å². The van der Waals surface area contributed by atoms with E-state index in [0.717, 1.165) is 18.7 Å². The Bertz CT molecular complexity index is 378. The van der Waals surface area contributed by atoms with Crippen molar-refractivity contribution < 1.29 is 4.79 Å². The maximum absolute atomic E-state index is 11.7. The van der Waals surface area contributed by atoms with Crippen LogP contribution in [0.4, 0.5) is 5.69 Å². The number of anilines is 1. The molecule has 0 spiro atoms. The lowest BCUT2D eigenvalue weighted by Crippen LogP contribution is -2.39. The molecular formula is C12H14ClNO. The Morgan fingerprint density at radius 3 is 3.00 bits per heavy atom. The Balaban J connectivity index is 2.38. The highest BCUT2D eigenvalue weighted by molar-refractivity contribution is 6.29. The fourth-order valence-corrected chi connectivity index (χ4v) is 2.25. The Hall–Kier alpha value is -1.02. The van der Waals surface area contributed by atoms with Gasteiger partial charge >= 0.3 is 0 Å². The van der Waals surface area contributed by atoms with Crippen LogP contribution < -0.4 is 4.90 Å². The van der Waals surface area contributed by atoms with Gasteiger partial charge in [0.2, 0.25) is 5.91 Å². The molecule has 1 aromatic carbocycles. The van der Waals surface area contributed by atoms with Crippen molar-refractivity contribution in [2.75, 3.05) is 17.3 Å². The molecule has 2 nitrogen and oxygen atoms in total. The number of hydrogen-bond donors (Lipinski definition) is 0. The SMILES string of the molecule is CC1Cc2ccccc2N(C(=O)CCl)C1. The zero-order valence-corrected chi connectivity index (χ0v) is 9.50. The fourth-order valence-electron chi connectivity index (χ4n) is 2.11. The van der Waals surface area contributed by atoms with E-state index in [1.165, 1.54) is 5.56 Å². The lowest BCUT2D eigenvalue weighted by molar-refractivity contribution is -0.116. The van der Waals surface area contributed by atoms with E-state index in [0.29, 0.717) is 5.92 Å². The minimum absolute atomic E-state index is 0.00401. The summed E-state index contributed by atoms with van der Waals surface area (Å²) >= 11 is 5.61. The molecule has 0 fully saturated rings. The van der Waals surface area contributed by atoms with Crippen LogP contribution in [-0.2, 0) is 11.2 Å². The average molecular weight is 224 g/mol. The Labute approximate surface area is 94.8 Å². The second kappa shape index (κ2) is 4.23. The maximum Gasteiger partial charge on any atom is 0.241 e. The summed E-state index contributed by atoms with van der Waals surface area (Å²) in [4.78, 5) is 13.5. The first-order valence-electron chi connectivity index (χ1n) is 5.16. The van der Waals surface area contributed by atoms with Gasteiger partial charge in [-0.2, -0.15) is 0 Å². The molecule has 80 valence electrons. The number of para-hydroxylation sites is 1. The lowest BCUT2D eigenvalue weighted by Gasteiger charge is -2.32. The molecule has 1 aliphatic heterocycles. The molecule has 1 aromatic rings. The van der Waals surface area contributed by atoms with Crippen LogP contribution in [0, 0.1) is 5.92 Å². The first-order valence-corrected chi connectivity index (χ1v) is 5.70. The van der Waals surface area contributed by atoms with Crippen molar-refractivity contribution in [1.82, 2.24) is 0 Å². The van der Waals surface area contributed by atoms with Gasteiger partial charge in [0, 0.05) is 12.2 Å². The Morgan fingerprint density at radius 1 is 1.53 bits per heavy atom. The van der Waals surface area contributed by atoms with Crippen LogP contribution >= 0.6 is 11.6 Å². The van der Waals surface area contributed by atoms with Gasteiger partial charge in [-0.25, -0.2) is 0 Å². The van der Waals surface area contributed by atoms with Gasteiger partial charge in [0.25, 0.3) is 0 Å². The highest BCUT2D eigenvalue weighted by Gasteiger charge is 2.25. The molecule has 15 heavy (non-hydrogen) atoms. The molecule has 0 saturated carbocycles. The molecular weight excluding hydrogens is 210 g/mol. The van der Waals surface area contributed by atoms with Crippen LogP contribution in [-0.4, -0.2) is 18.3 Å². The molecule has 0 N–H and O–H groups in total. The van der Waals surface area contributed by atoms with E-state index in [2.05, 4.69) is 13.0 Å². The molecule has 1 heterocycles. The average Bonchev–Trinajstić information content (AvgIpc) is 2.26. The predicted octanol–water partition coefficient (Wildman–Crippen LogP) is 2.45. The van der Waals surface area contributed by atoms with Crippen molar-refractivity contribution in [3.05, 3.63) is 29.8 Å². The van der Waals surface area contributed by atoms with Gasteiger partial charge in [0.05, 0.1) is 0 Å². The number of fused-ring (bicyclic) bond motifs is 1. The van der Waals surface area contributed by atoms with Crippen molar-refractivity contribution in [2.24, 2.45) is 5.92 Å². The normalized spacial score (nSPS) is 19.9. The van der Waals surface area contributed by atoms with Crippen LogP contribution in [0.1, 0.15) is 12.5 Å². The highest BCUT2D eigenvalue weighted by Crippen LogP contribution is 2.29. The van der Waals surface area contributed by atoms with Gasteiger partial charge in [-0.15, -0.1) is 11.6 Å². The van der Waals surface area contributed by atoms with E-state index in [1.807, 2.05) is 18.2 Å². The smallest absolute Gasteiger partial charge is 0.241 e. The summed E-state index contributed by atoms with van der Waals surface area (Å²) < 4.78 is 0. The summed E-state index contributed by atoms with van der Waals surface area (Å²) in [7, 11) is 0. The minimum Gasteiger partial charge on any atom is -0.311 e. The second-order valence-corrected chi connectivity index (χ2v) is 4.34. The summed E-state index contributed by atoms with van der Waals surface area (Å²) in [5.74, 6) is 0.559. The molecule has 1 aliphatic rings. The van der Waals surface area contributed by atoms with Gasteiger partial charge in [0.1, 0.15) is 5.88 Å². The Morgan fingerprint density at radius 2 is 2.27 bits per heavy atom. The lowest BCUT2D eigenvalue weighted by atomic mass is 9.94. The molecule has 1 amide bonds. The molecule has 1 unspecified atom stereocenters. The number of alkyl halides is 1. The number of nitrogens with zero attached hydrogens (tertiary/aromatic N) is 1. The minimum atomic E-state index is -0.00401. The van der Waals surface area contributed by atoms with E-state index in [-0.39, 0.29) is 11.8 Å². The molecule has 0 bridgehead atoms. The third-order valence-corrected chi connectivity index (χ3v) is 2.99.